The number of ether oxygens (including phenoxy) is 2. The number of benzene rings is 3. The Labute approximate surface area is 211 Å². The van der Waals surface area contributed by atoms with Crippen LogP contribution in [0.3, 0.4) is 0 Å². The number of hydrogen-bond donors (Lipinski definition) is 1. The number of amides is 2. The fraction of sp³-hybridized carbons (Fsp3) is 0.259. The van der Waals surface area contributed by atoms with Crippen molar-refractivity contribution in [2.45, 2.75) is 36.5 Å². The highest BCUT2D eigenvalue weighted by atomic mass is 32.2. The van der Waals surface area contributed by atoms with Gasteiger partial charge in [-0.3, -0.25) is 9.59 Å². The van der Waals surface area contributed by atoms with Gasteiger partial charge in [0.15, 0.2) is 6.29 Å². The van der Waals surface area contributed by atoms with E-state index in [1.807, 2.05) is 13.8 Å². The molecule has 188 valence electrons. The predicted octanol–water partition coefficient (Wildman–Crippen LogP) is 4.28. The van der Waals surface area contributed by atoms with Gasteiger partial charge in [-0.25, -0.2) is 8.60 Å². The third-order valence-electron chi connectivity index (χ3n) is 5.66. The third kappa shape index (κ3) is 5.53. The highest BCUT2D eigenvalue weighted by molar-refractivity contribution is 7.85. The first-order valence-electron chi connectivity index (χ1n) is 11.7. The van der Waals surface area contributed by atoms with Gasteiger partial charge >= 0.3 is 0 Å². The fourth-order valence-electron chi connectivity index (χ4n) is 3.95. The number of anilines is 1. The van der Waals surface area contributed by atoms with Crippen LogP contribution in [0.15, 0.2) is 76.5 Å². The molecule has 0 aromatic heterocycles. The van der Waals surface area contributed by atoms with Gasteiger partial charge in [0.05, 0.1) is 44.9 Å². The molecule has 0 fully saturated rings. The number of nitrogens with zero attached hydrogens (tertiary/aromatic N) is 1. The maximum Gasteiger partial charge on any atom is 0.259 e. The number of carbonyl (C=O) groups excluding carboxylic acids is 2. The van der Waals surface area contributed by atoms with Gasteiger partial charge in [-0.05, 0) is 61.9 Å². The SMILES string of the molecule is CCOC(CNC(=O)c1ccc2c(c1)N(Cc1ccc(F)cc1)C(=O)c1ccccc1[S@@]2=O)OCC. The van der Waals surface area contributed by atoms with Crippen molar-refractivity contribution >= 4 is 28.3 Å². The zero-order valence-corrected chi connectivity index (χ0v) is 20.8. The van der Waals surface area contributed by atoms with Crippen LogP contribution in [-0.2, 0) is 26.8 Å². The lowest BCUT2D eigenvalue weighted by molar-refractivity contribution is -0.131. The van der Waals surface area contributed by atoms with Crippen molar-refractivity contribution in [3.63, 3.8) is 0 Å². The number of hydrogen-bond acceptors (Lipinski definition) is 5. The smallest absolute Gasteiger partial charge is 0.259 e. The minimum absolute atomic E-state index is 0.111. The molecular weight excluding hydrogens is 483 g/mol. The van der Waals surface area contributed by atoms with Crippen LogP contribution in [0.5, 0.6) is 0 Å². The van der Waals surface area contributed by atoms with Gasteiger partial charge in [0, 0.05) is 18.8 Å². The van der Waals surface area contributed by atoms with Crippen LogP contribution in [0.2, 0.25) is 0 Å². The molecule has 0 radical (unpaired) electrons. The highest BCUT2D eigenvalue weighted by Crippen LogP contribution is 2.36. The van der Waals surface area contributed by atoms with Gasteiger partial charge in [0.2, 0.25) is 0 Å². The second kappa shape index (κ2) is 11.6. The summed E-state index contributed by atoms with van der Waals surface area (Å²) < 4.78 is 37.9. The molecule has 1 aliphatic rings. The molecule has 0 spiro atoms. The summed E-state index contributed by atoms with van der Waals surface area (Å²) >= 11 is 0. The van der Waals surface area contributed by atoms with E-state index in [1.165, 1.54) is 17.0 Å². The van der Waals surface area contributed by atoms with Gasteiger partial charge in [-0.1, -0.05) is 24.3 Å². The maximum absolute atomic E-state index is 13.6. The number of rotatable bonds is 9. The molecule has 2 amide bonds. The van der Waals surface area contributed by atoms with Crippen molar-refractivity contribution in [2.75, 3.05) is 24.7 Å². The number of fused-ring (bicyclic) bond motifs is 2. The summed E-state index contributed by atoms with van der Waals surface area (Å²) in [4.78, 5) is 28.9. The van der Waals surface area contributed by atoms with Crippen LogP contribution in [0.1, 0.15) is 40.1 Å². The summed E-state index contributed by atoms with van der Waals surface area (Å²) in [5.74, 6) is -1.12. The normalized spacial score (nSPS) is 14.8. The van der Waals surface area contributed by atoms with Crippen LogP contribution in [-0.4, -0.2) is 42.1 Å². The maximum atomic E-state index is 13.6. The van der Waals surface area contributed by atoms with Crippen molar-refractivity contribution < 1.29 is 27.7 Å². The molecule has 3 aromatic rings. The van der Waals surface area contributed by atoms with Gasteiger partial charge in [-0.2, -0.15) is 0 Å². The second-order valence-electron chi connectivity index (χ2n) is 8.02. The summed E-state index contributed by atoms with van der Waals surface area (Å²) in [5, 5.41) is 2.79. The Morgan fingerprint density at radius 3 is 2.39 bits per heavy atom. The fourth-order valence-corrected chi connectivity index (χ4v) is 5.29. The minimum atomic E-state index is -1.64. The van der Waals surface area contributed by atoms with E-state index in [-0.39, 0.29) is 30.7 Å². The van der Waals surface area contributed by atoms with E-state index in [0.29, 0.717) is 45.4 Å². The van der Waals surface area contributed by atoms with Crippen LogP contribution in [0.25, 0.3) is 0 Å². The van der Waals surface area contributed by atoms with E-state index >= 15 is 0 Å². The molecule has 0 saturated heterocycles. The largest absolute Gasteiger partial charge is 0.351 e. The number of halogens is 1. The van der Waals surface area contributed by atoms with Gasteiger partial charge in [0.1, 0.15) is 5.82 Å². The first kappa shape index (κ1) is 25.7. The van der Waals surface area contributed by atoms with Gasteiger partial charge < -0.3 is 19.7 Å². The molecule has 3 aromatic carbocycles. The van der Waals surface area contributed by atoms with Crippen LogP contribution >= 0.6 is 0 Å². The lowest BCUT2D eigenvalue weighted by Gasteiger charge is -2.24. The van der Waals surface area contributed by atoms with Crippen molar-refractivity contribution in [2.24, 2.45) is 0 Å². The van der Waals surface area contributed by atoms with E-state index in [0.717, 1.165) is 0 Å². The summed E-state index contributed by atoms with van der Waals surface area (Å²) in [6, 6.07) is 17.3. The average molecular weight is 511 g/mol. The molecule has 7 nitrogen and oxygen atoms in total. The lowest BCUT2D eigenvalue weighted by atomic mass is 10.1. The van der Waals surface area contributed by atoms with E-state index < -0.39 is 17.1 Å². The Morgan fingerprint density at radius 2 is 1.69 bits per heavy atom. The Kier molecular flexibility index (Phi) is 8.25. The summed E-state index contributed by atoms with van der Waals surface area (Å²) in [6.07, 6.45) is -0.580. The first-order chi connectivity index (χ1) is 17.4. The van der Waals surface area contributed by atoms with Crippen molar-refractivity contribution in [3.05, 3.63) is 89.2 Å². The molecule has 9 heteroatoms. The highest BCUT2D eigenvalue weighted by Gasteiger charge is 2.31. The zero-order valence-electron chi connectivity index (χ0n) is 20.0. The second-order valence-corrected chi connectivity index (χ2v) is 9.43. The lowest BCUT2D eigenvalue weighted by Crippen LogP contribution is -2.35. The molecule has 0 unspecified atom stereocenters. The molecule has 0 aliphatic carbocycles. The predicted molar refractivity (Wildman–Crippen MR) is 134 cm³/mol. The molecule has 1 aliphatic heterocycles. The topological polar surface area (TPSA) is 84.9 Å². The van der Waals surface area contributed by atoms with Crippen LogP contribution in [0.4, 0.5) is 10.1 Å². The van der Waals surface area contributed by atoms with Crippen molar-refractivity contribution in [1.82, 2.24) is 5.32 Å². The van der Waals surface area contributed by atoms with E-state index in [9.17, 15) is 18.2 Å². The van der Waals surface area contributed by atoms with E-state index in [4.69, 9.17) is 9.47 Å². The number of carbonyl (C=O) groups is 2. The van der Waals surface area contributed by atoms with Crippen LogP contribution < -0.4 is 10.2 Å². The van der Waals surface area contributed by atoms with E-state index in [1.54, 1.807) is 54.6 Å². The van der Waals surface area contributed by atoms with Crippen molar-refractivity contribution in [1.29, 1.82) is 0 Å². The summed E-state index contributed by atoms with van der Waals surface area (Å²) in [7, 11) is -1.64. The third-order valence-corrected chi connectivity index (χ3v) is 7.16. The van der Waals surface area contributed by atoms with Gasteiger partial charge in [-0.15, -0.1) is 0 Å². The molecule has 0 saturated carbocycles. The molecule has 1 N–H and O–H groups in total. The van der Waals surface area contributed by atoms with Gasteiger partial charge in [0.25, 0.3) is 11.8 Å². The molecule has 1 heterocycles. The Balaban J connectivity index is 1.71. The van der Waals surface area contributed by atoms with E-state index in [2.05, 4.69) is 5.32 Å². The zero-order chi connectivity index (χ0) is 25.7. The molecule has 0 bridgehead atoms. The minimum Gasteiger partial charge on any atom is -0.351 e. The number of nitrogens with one attached hydrogen (secondary N) is 1. The Morgan fingerprint density at radius 1 is 1.00 bits per heavy atom. The molecular formula is C27H27FN2O5S. The monoisotopic (exact) mass is 510 g/mol. The average Bonchev–Trinajstić information content (AvgIpc) is 2.98. The first-order valence-corrected chi connectivity index (χ1v) is 12.8. The summed E-state index contributed by atoms with van der Waals surface area (Å²) in [5.41, 5.74) is 1.65. The Bertz CT molecular complexity index is 1280. The Hall–Kier alpha value is -3.40. The standard InChI is InChI=1S/C27H27FN2O5S/c1-3-34-25(35-4-2)16-29-26(31)19-11-14-24-22(15-19)30(17-18-9-12-20(28)13-10-18)27(32)21-7-5-6-8-23(21)36(24)33/h5-15,25H,3-4,16-17H2,1-2H3,(H,29,31)/t36-/m0/s1. The molecule has 1 atom stereocenters. The quantitative estimate of drug-likeness (QED) is 0.435. The molecule has 36 heavy (non-hydrogen) atoms. The van der Waals surface area contributed by atoms with Crippen molar-refractivity contribution in [3.8, 4) is 0 Å². The van der Waals surface area contributed by atoms with Crippen LogP contribution in [0, 0.1) is 5.82 Å². The molecule has 4 rings (SSSR count). The summed E-state index contributed by atoms with van der Waals surface area (Å²) in [6.45, 7) is 4.81.